The summed E-state index contributed by atoms with van der Waals surface area (Å²) in [6.07, 6.45) is 0. The Bertz CT molecular complexity index is 1020. The van der Waals surface area contributed by atoms with E-state index in [1.165, 1.54) is 0 Å². The number of aromatic amines is 1. The number of hydrogen-bond donors (Lipinski definition) is 2. The molecular formula is C18H16N6. The Hall–Kier alpha value is -3.28. The molecule has 4 aromatic rings. The average Bonchev–Trinajstić information content (AvgIpc) is 3.00. The molecule has 0 spiro atoms. The number of nitrogens with one attached hydrogen (secondary N) is 2. The molecule has 0 aliphatic carbocycles. The monoisotopic (exact) mass is 316 g/mol. The third-order valence-corrected chi connectivity index (χ3v) is 3.82. The lowest BCUT2D eigenvalue weighted by atomic mass is 10.1. The lowest BCUT2D eigenvalue weighted by Crippen LogP contribution is -2.01. The van der Waals surface area contributed by atoms with Crippen molar-refractivity contribution in [3.8, 4) is 11.4 Å². The fourth-order valence-corrected chi connectivity index (χ4v) is 2.62. The fraction of sp³-hybridized carbons (Fsp3) is 0.111. The van der Waals surface area contributed by atoms with E-state index >= 15 is 0 Å². The van der Waals surface area contributed by atoms with E-state index in [0.29, 0.717) is 17.6 Å². The standard InChI is InChI=1S/C18H16N6/c1-11-7-3-4-8-13(11)16-20-15-10-6-5-9-14(15)17(21-16)22-18-19-12(2)23-24-18/h3-10H,1-2H3,(H2,19,20,21,22,23,24). The summed E-state index contributed by atoms with van der Waals surface area (Å²) in [5.41, 5.74) is 3.02. The molecule has 4 rings (SSSR count). The number of benzene rings is 2. The van der Waals surface area contributed by atoms with E-state index in [9.17, 15) is 0 Å². The van der Waals surface area contributed by atoms with Crippen LogP contribution in [0.2, 0.25) is 0 Å². The molecule has 0 bridgehead atoms. The van der Waals surface area contributed by atoms with Crippen LogP contribution in [0.5, 0.6) is 0 Å². The Labute approximate surface area is 139 Å². The van der Waals surface area contributed by atoms with Crippen molar-refractivity contribution in [1.82, 2.24) is 25.1 Å². The van der Waals surface area contributed by atoms with Crippen LogP contribution in [-0.2, 0) is 0 Å². The van der Waals surface area contributed by atoms with Crippen molar-refractivity contribution in [2.45, 2.75) is 13.8 Å². The number of nitrogens with zero attached hydrogens (tertiary/aromatic N) is 4. The van der Waals surface area contributed by atoms with Gasteiger partial charge in [0.2, 0.25) is 5.95 Å². The molecule has 24 heavy (non-hydrogen) atoms. The number of fused-ring (bicyclic) bond motifs is 1. The zero-order valence-corrected chi connectivity index (χ0v) is 13.4. The van der Waals surface area contributed by atoms with Crippen molar-refractivity contribution in [1.29, 1.82) is 0 Å². The normalized spacial score (nSPS) is 10.9. The van der Waals surface area contributed by atoms with Gasteiger partial charge in [0.05, 0.1) is 5.52 Å². The van der Waals surface area contributed by atoms with Crippen molar-refractivity contribution < 1.29 is 0 Å². The first-order chi connectivity index (χ1) is 11.7. The largest absolute Gasteiger partial charge is 0.307 e. The number of hydrogen-bond acceptors (Lipinski definition) is 5. The van der Waals surface area contributed by atoms with Gasteiger partial charge in [-0.25, -0.2) is 9.97 Å². The highest BCUT2D eigenvalue weighted by Gasteiger charge is 2.12. The third kappa shape index (κ3) is 2.58. The fourth-order valence-electron chi connectivity index (χ4n) is 2.62. The molecular weight excluding hydrogens is 300 g/mol. The Balaban J connectivity index is 1.89. The maximum absolute atomic E-state index is 4.72. The third-order valence-electron chi connectivity index (χ3n) is 3.82. The Morgan fingerprint density at radius 2 is 1.67 bits per heavy atom. The highest BCUT2D eigenvalue weighted by atomic mass is 15.3. The van der Waals surface area contributed by atoms with Crippen LogP contribution in [0.1, 0.15) is 11.4 Å². The topological polar surface area (TPSA) is 79.4 Å². The number of H-pyrrole nitrogens is 1. The van der Waals surface area contributed by atoms with Crippen molar-refractivity contribution in [3.05, 3.63) is 59.9 Å². The van der Waals surface area contributed by atoms with E-state index < -0.39 is 0 Å². The van der Waals surface area contributed by atoms with E-state index in [2.05, 4.69) is 33.5 Å². The van der Waals surface area contributed by atoms with Crippen LogP contribution >= 0.6 is 0 Å². The summed E-state index contributed by atoms with van der Waals surface area (Å²) < 4.78 is 0. The van der Waals surface area contributed by atoms with E-state index in [-0.39, 0.29) is 0 Å². The average molecular weight is 316 g/mol. The van der Waals surface area contributed by atoms with Crippen LogP contribution < -0.4 is 5.32 Å². The van der Waals surface area contributed by atoms with Crippen LogP contribution in [0.4, 0.5) is 11.8 Å². The van der Waals surface area contributed by atoms with Crippen LogP contribution in [0.15, 0.2) is 48.5 Å². The number of rotatable bonds is 3. The quantitative estimate of drug-likeness (QED) is 0.601. The highest BCUT2D eigenvalue weighted by Crippen LogP contribution is 2.27. The summed E-state index contributed by atoms with van der Waals surface area (Å²) in [7, 11) is 0. The van der Waals surface area contributed by atoms with Gasteiger partial charge in [-0.1, -0.05) is 36.4 Å². The molecule has 6 nitrogen and oxygen atoms in total. The molecule has 0 amide bonds. The molecule has 2 aromatic carbocycles. The first-order valence-corrected chi connectivity index (χ1v) is 7.69. The van der Waals surface area contributed by atoms with Crippen LogP contribution in [0.3, 0.4) is 0 Å². The minimum Gasteiger partial charge on any atom is -0.307 e. The molecule has 2 N–H and O–H groups in total. The van der Waals surface area contributed by atoms with E-state index in [0.717, 1.165) is 27.9 Å². The Morgan fingerprint density at radius 3 is 2.46 bits per heavy atom. The second-order valence-corrected chi connectivity index (χ2v) is 5.60. The molecule has 6 heteroatoms. The summed E-state index contributed by atoms with van der Waals surface area (Å²) in [5.74, 6) is 2.61. The molecule has 0 saturated carbocycles. The Morgan fingerprint density at radius 1 is 0.875 bits per heavy atom. The molecule has 2 heterocycles. The van der Waals surface area contributed by atoms with Gasteiger partial charge in [0.15, 0.2) is 5.82 Å². The summed E-state index contributed by atoms with van der Waals surface area (Å²) in [6, 6.07) is 16.0. The summed E-state index contributed by atoms with van der Waals surface area (Å²) in [4.78, 5) is 13.7. The first-order valence-electron chi connectivity index (χ1n) is 7.69. The predicted molar refractivity (Wildman–Crippen MR) is 94.1 cm³/mol. The molecule has 0 saturated heterocycles. The van der Waals surface area contributed by atoms with Gasteiger partial charge in [-0.15, -0.1) is 5.10 Å². The van der Waals surface area contributed by atoms with Crippen molar-refractivity contribution in [3.63, 3.8) is 0 Å². The number of anilines is 2. The van der Waals surface area contributed by atoms with Gasteiger partial charge in [0, 0.05) is 10.9 Å². The number of aryl methyl sites for hydroxylation is 2. The number of aromatic nitrogens is 5. The van der Waals surface area contributed by atoms with Gasteiger partial charge in [-0.3, -0.25) is 5.10 Å². The summed E-state index contributed by atoms with van der Waals surface area (Å²) in [6.45, 7) is 3.91. The molecule has 118 valence electrons. The van der Waals surface area contributed by atoms with Crippen molar-refractivity contribution in [2.75, 3.05) is 5.32 Å². The minimum absolute atomic E-state index is 0.493. The minimum atomic E-state index is 0.493. The van der Waals surface area contributed by atoms with Crippen molar-refractivity contribution in [2.24, 2.45) is 0 Å². The molecule has 0 unspecified atom stereocenters. The van der Waals surface area contributed by atoms with Gasteiger partial charge < -0.3 is 5.32 Å². The molecule has 0 aliphatic rings. The smallest absolute Gasteiger partial charge is 0.247 e. The van der Waals surface area contributed by atoms with Crippen LogP contribution in [0.25, 0.3) is 22.3 Å². The van der Waals surface area contributed by atoms with Crippen LogP contribution in [0, 0.1) is 13.8 Å². The SMILES string of the molecule is Cc1nc(Nc2nc(-c3ccccc3C)nc3ccccc23)n[nH]1. The number of para-hydroxylation sites is 1. The predicted octanol–water partition coefficient (Wildman–Crippen LogP) is 3.78. The van der Waals surface area contributed by atoms with Crippen LogP contribution in [-0.4, -0.2) is 25.1 Å². The highest BCUT2D eigenvalue weighted by molar-refractivity contribution is 5.91. The lowest BCUT2D eigenvalue weighted by molar-refractivity contribution is 1.04. The zero-order valence-electron chi connectivity index (χ0n) is 13.4. The molecule has 2 aromatic heterocycles. The van der Waals surface area contributed by atoms with E-state index in [4.69, 9.17) is 9.97 Å². The van der Waals surface area contributed by atoms with Gasteiger partial charge in [-0.05, 0) is 31.5 Å². The lowest BCUT2D eigenvalue weighted by Gasteiger charge is -2.10. The second kappa shape index (κ2) is 5.73. The van der Waals surface area contributed by atoms with Gasteiger partial charge in [0.1, 0.15) is 11.6 Å². The van der Waals surface area contributed by atoms with Crippen molar-refractivity contribution >= 4 is 22.7 Å². The first kappa shape index (κ1) is 14.3. The maximum atomic E-state index is 4.72. The van der Waals surface area contributed by atoms with Gasteiger partial charge in [0.25, 0.3) is 0 Å². The van der Waals surface area contributed by atoms with Gasteiger partial charge >= 0.3 is 0 Å². The molecule has 0 atom stereocenters. The molecule has 0 radical (unpaired) electrons. The zero-order chi connectivity index (χ0) is 16.5. The summed E-state index contributed by atoms with van der Waals surface area (Å²) in [5, 5.41) is 11.1. The molecule has 0 fully saturated rings. The second-order valence-electron chi connectivity index (χ2n) is 5.60. The Kier molecular flexibility index (Phi) is 3.42. The van der Waals surface area contributed by atoms with E-state index in [1.54, 1.807) is 0 Å². The summed E-state index contributed by atoms with van der Waals surface area (Å²) >= 11 is 0. The maximum Gasteiger partial charge on any atom is 0.247 e. The van der Waals surface area contributed by atoms with E-state index in [1.807, 2.05) is 49.4 Å². The molecule has 0 aliphatic heterocycles. The van der Waals surface area contributed by atoms with Gasteiger partial charge in [-0.2, -0.15) is 4.98 Å².